The molecule has 6 heteroatoms. The van der Waals surface area contributed by atoms with E-state index in [0.717, 1.165) is 25.7 Å². The quantitative estimate of drug-likeness (QED) is 0.212. The molecule has 0 aromatic heterocycles. The second-order valence-electron chi connectivity index (χ2n) is 8.06. The van der Waals surface area contributed by atoms with Gasteiger partial charge in [0.05, 0.1) is 0 Å². The Labute approximate surface area is 171 Å². The number of ketones is 1. The fraction of sp³-hybridized carbons (Fsp3) is 0.652. The fourth-order valence-corrected chi connectivity index (χ4v) is 3.84. The lowest BCUT2D eigenvalue weighted by Crippen LogP contribution is -2.16. The number of benzene rings is 1. The average molecular weight is 412 g/mol. The van der Waals surface area contributed by atoms with E-state index in [2.05, 4.69) is 0 Å². The summed E-state index contributed by atoms with van der Waals surface area (Å²) in [6, 6.07) is 0. The third-order valence-electron chi connectivity index (χ3n) is 5.89. The van der Waals surface area contributed by atoms with Crippen LogP contribution in [0.4, 0.5) is 13.2 Å². The normalized spacial score (nSPS) is 15.6. The highest BCUT2D eigenvalue weighted by molar-refractivity contribution is 5.80. The molecule has 1 saturated carbocycles. The maximum atomic E-state index is 14.1. The molecule has 1 fully saturated rings. The van der Waals surface area contributed by atoms with Crippen molar-refractivity contribution >= 4 is 11.8 Å². The monoisotopic (exact) mass is 412 g/mol. The second-order valence-corrected chi connectivity index (χ2v) is 8.06. The molecular weight excluding hydrogens is 381 g/mol. The van der Waals surface area contributed by atoms with Crippen LogP contribution in [0.25, 0.3) is 0 Å². The molecule has 1 aromatic rings. The van der Waals surface area contributed by atoms with Crippen molar-refractivity contribution < 1.29 is 27.5 Å². The molecule has 1 aromatic carbocycles. The number of ether oxygens (including phenoxy) is 1. The molecular formula is C23H31F3O3. The Bertz CT molecular complexity index is 694. The molecule has 1 aliphatic rings. The summed E-state index contributed by atoms with van der Waals surface area (Å²) in [5.41, 5.74) is -0.229. The maximum Gasteiger partial charge on any atom is 0.311 e. The van der Waals surface area contributed by atoms with Gasteiger partial charge in [-0.3, -0.25) is 9.59 Å². The molecule has 0 amide bonds. The van der Waals surface area contributed by atoms with Crippen molar-refractivity contribution in [2.45, 2.75) is 90.9 Å². The van der Waals surface area contributed by atoms with Gasteiger partial charge in [0, 0.05) is 18.8 Å². The van der Waals surface area contributed by atoms with E-state index in [9.17, 15) is 22.8 Å². The minimum absolute atomic E-state index is 0.0367. The number of carbonyl (C=O) groups is 2. The van der Waals surface area contributed by atoms with Crippen LogP contribution in [0, 0.1) is 37.2 Å². The lowest BCUT2D eigenvalue weighted by molar-refractivity contribution is -0.135. The molecule has 0 N–H and O–H groups in total. The van der Waals surface area contributed by atoms with Crippen LogP contribution >= 0.6 is 0 Å². The van der Waals surface area contributed by atoms with E-state index in [-0.39, 0.29) is 23.5 Å². The number of unbranched alkanes of at least 4 members (excludes halogenated alkanes) is 2. The predicted octanol–water partition coefficient (Wildman–Crippen LogP) is 6.51. The van der Waals surface area contributed by atoms with E-state index in [4.69, 9.17) is 4.74 Å². The van der Waals surface area contributed by atoms with E-state index in [0.29, 0.717) is 31.5 Å². The van der Waals surface area contributed by atoms with E-state index >= 15 is 0 Å². The topological polar surface area (TPSA) is 43.4 Å². The number of rotatable bonds is 8. The van der Waals surface area contributed by atoms with Crippen LogP contribution in [0.2, 0.25) is 0 Å². The summed E-state index contributed by atoms with van der Waals surface area (Å²) in [6.45, 7) is 2.57. The Morgan fingerprint density at radius 3 is 2.00 bits per heavy atom. The van der Waals surface area contributed by atoms with Gasteiger partial charge in [-0.15, -0.1) is 0 Å². The summed E-state index contributed by atoms with van der Waals surface area (Å²) in [5, 5.41) is 0. The number of hydrogen-bond acceptors (Lipinski definition) is 3. The summed E-state index contributed by atoms with van der Waals surface area (Å²) in [7, 11) is 0. The van der Waals surface area contributed by atoms with Crippen LogP contribution in [0.15, 0.2) is 0 Å². The summed E-state index contributed by atoms with van der Waals surface area (Å²) < 4.78 is 46.5. The first-order chi connectivity index (χ1) is 13.8. The van der Waals surface area contributed by atoms with Crippen LogP contribution in [0.3, 0.4) is 0 Å². The number of hydrogen-bond donors (Lipinski definition) is 0. The van der Waals surface area contributed by atoms with Crippen molar-refractivity contribution in [1.82, 2.24) is 0 Å². The van der Waals surface area contributed by atoms with Crippen LogP contribution in [-0.4, -0.2) is 11.8 Å². The van der Waals surface area contributed by atoms with Gasteiger partial charge >= 0.3 is 5.97 Å². The molecule has 29 heavy (non-hydrogen) atoms. The third-order valence-corrected chi connectivity index (χ3v) is 5.89. The Morgan fingerprint density at radius 1 is 0.793 bits per heavy atom. The summed E-state index contributed by atoms with van der Waals surface area (Å²) >= 11 is 0. The van der Waals surface area contributed by atoms with Crippen LogP contribution in [-0.2, 0) is 9.59 Å². The summed E-state index contributed by atoms with van der Waals surface area (Å²) in [4.78, 5) is 24.3. The molecule has 0 unspecified atom stereocenters. The average Bonchev–Trinajstić information content (AvgIpc) is 2.67. The first kappa shape index (κ1) is 23.4. The van der Waals surface area contributed by atoms with E-state index in [1.54, 1.807) is 0 Å². The SMILES string of the molecule is Cc1c(C)c(F)c(OC(=O)CCCCCC(=O)C2CCCCCCC2)c(F)c1F. The van der Waals surface area contributed by atoms with E-state index in [1.165, 1.54) is 33.1 Å². The van der Waals surface area contributed by atoms with Crippen molar-refractivity contribution in [2.75, 3.05) is 0 Å². The van der Waals surface area contributed by atoms with Crippen LogP contribution in [0.5, 0.6) is 5.75 Å². The molecule has 1 aliphatic carbocycles. The summed E-state index contributed by atoms with van der Waals surface area (Å²) in [5.74, 6) is -5.05. The van der Waals surface area contributed by atoms with Crippen molar-refractivity contribution in [3.8, 4) is 5.75 Å². The van der Waals surface area contributed by atoms with Crippen LogP contribution < -0.4 is 4.74 Å². The Kier molecular flexibility index (Phi) is 9.18. The van der Waals surface area contributed by atoms with Gasteiger partial charge in [-0.25, -0.2) is 8.78 Å². The van der Waals surface area contributed by atoms with Gasteiger partial charge in [0.25, 0.3) is 0 Å². The first-order valence-corrected chi connectivity index (χ1v) is 10.7. The molecule has 0 heterocycles. The lowest BCUT2D eigenvalue weighted by atomic mass is 9.86. The zero-order chi connectivity index (χ0) is 21.4. The number of Topliss-reactive ketones (excluding diaryl/α,β-unsaturated/α-hetero) is 1. The Morgan fingerprint density at radius 2 is 1.34 bits per heavy atom. The second kappa shape index (κ2) is 11.4. The highest BCUT2D eigenvalue weighted by atomic mass is 19.2. The molecule has 0 saturated heterocycles. The highest BCUT2D eigenvalue weighted by Gasteiger charge is 2.24. The third kappa shape index (κ3) is 6.58. The van der Waals surface area contributed by atoms with Crippen molar-refractivity contribution in [3.05, 3.63) is 28.6 Å². The molecule has 0 spiro atoms. The van der Waals surface area contributed by atoms with Gasteiger partial charge in [0.2, 0.25) is 11.6 Å². The van der Waals surface area contributed by atoms with Gasteiger partial charge in [0.15, 0.2) is 11.6 Å². The molecule has 162 valence electrons. The van der Waals surface area contributed by atoms with Crippen molar-refractivity contribution in [3.63, 3.8) is 0 Å². The lowest BCUT2D eigenvalue weighted by Gasteiger charge is -2.18. The van der Waals surface area contributed by atoms with Gasteiger partial charge in [0.1, 0.15) is 5.78 Å². The predicted molar refractivity (Wildman–Crippen MR) is 105 cm³/mol. The standard InChI is InChI=1S/C23H31F3O3/c1-15-16(2)21(25)23(22(26)20(15)24)29-19(28)14-10-6-9-13-18(27)17-11-7-4-3-5-8-12-17/h17H,3-14H2,1-2H3. The van der Waals surface area contributed by atoms with Gasteiger partial charge < -0.3 is 4.74 Å². The highest BCUT2D eigenvalue weighted by Crippen LogP contribution is 2.30. The molecule has 0 atom stereocenters. The Balaban J connectivity index is 1.73. The molecule has 2 rings (SSSR count). The minimum Gasteiger partial charge on any atom is -0.420 e. The maximum absolute atomic E-state index is 14.1. The van der Waals surface area contributed by atoms with Crippen molar-refractivity contribution in [2.24, 2.45) is 5.92 Å². The summed E-state index contributed by atoms with van der Waals surface area (Å²) in [6.07, 6.45) is 10.1. The minimum atomic E-state index is -1.48. The van der Waals surface area contributed by atoms with Gasteiger partial charge in [-0.1, -0.05) is 38.5 Å². The Hall–Kier alpha value is -1.85. The largest absolute Gasteiger partial charge is 0.420 e. The number of esters is 1. The zero-order valence-corrected chi connectivity index (χ0v) is 17.4. The smallest absolute Gasteiger partial charge is 0.311 e. The van der Waals surface area contributed by atoms with E-state index < -0.39 is 29.2 Å². The van der Waals surface area contributed by atoms with Gasteiger partial charge in [-0.05, 0) is 50.7 Å². The zero-order valence-electron chi connectivity index (χ0n) is 17.4. The van der Waals surface area contributed by atoms with Gasteiger partial charge in [-0.2, -0.15) is 4.39 Å². The molecule has 3 nitrogen and oxygen atoms in total. The molecule has 0 aliphatic heterocycles. The van der Waals surface area contributed by atoms with E-state index in [1.807, 2.05) is 0 Å². The fourth-order valence-electron chi connectivity index (χ4n) is 3.84. The van der Waals surface area contributed by atoms with Crippen LogP contribution in [0.1, 0.15) is 88.2 Å². The molecule has 0 bridgehead atoms. The molecule has 0 radical (unpaired) electrons. The first-order valence-electron chi connectivity index (χ1n) is 10.7. The number of carbonyl (C=O) groups excluding carboxylic acids is 2. The number of halogens is 3. The van der Waals surface area contributed by atoms with Crippen molar-refractivity contribution in [1.29, 1.82) is 0 Å².